The molecule has 2 nitrogen and oxygen atoms in total. The summed E-state index contributed by atoms with van der Waals surface area (Å²) in [6.45, 7) is 1.79. The van der Waals surface area contributed by atoms with Crippen molar-refractivity contribution in [2.45, 2.75) is 19.4 Å². The predicted molar refractivity (Wildman–Crippen MR) is 68.9 cm³/mol. The fourth-order valence-electron chi connectivity index (χ4n) is 1.83. The molecule has 17 heavy (non-hydrogen) atoms. The third-order valence-corrected chi connectivity index (χ3v) is 2.69. The molecule has 0 saturated heterocycles. The van der Waals surface area contributed by atoms with Gasteiger partial charge in [0.05, 0.1) is 6.10 Å². The lowest BCUT2D eigenvalue weighted by Crippen LogP contribution is -2.03. The number of phenolic OH excluding ortho intramolecular Hbond substituents is 1. The normalized spacial score (nSPS) is 12.4. The molecule has 2 rings (SSSR count). The third kappa shape index (κ3) is 3.08. The Balaban J connectivity index is 2.20. The second kappa shape index (κ2) is 5.02. The van der Waals surface area contributed by atoms with Crippen LogP contribution in [-0.4, -0.2) is 16.3 Å². The standard InChI is InChI=1S/C15H16O2/c1-11(16)10-12-2-4-13(5-3-12)14-6-8-15(17)9-7-14/h2-9,11,16-17H,10H2,1H3. The van der Waals surface area contributed by atoms with Crippen LogP contribution in [0.4, 0.5) is 0 Å². The molecule has 0 fully saturated rings. The number of aliphatic hydroxyl groups excluding tert-OH is 1. The molecule has 0 saturated carbocycles. The van der Waals surface area contributed by atoms with Crippen LogP contribution in [0.2, 0.25) is 0 Å². The average molecular weight is 228 g/mol. The van der Waals surface area contributed by atoms with Gasteiger partial charge in [0.2, 0.25) is 0 Å². The van der Waals surface area contributed by atoms with Crippen LogP contribution in [0.3, 0.4) is 0 Å². The number of benzene rings is 2. The van der Waals surface area contributed by atoms with Gasteiger partial charge in [0.15, 0.2) is 0 Å². The molecule has 2 aromatic rings. The summed E-state index contributed by atoms with van der Waals surface area (Å²) in [5.41, 5.74) is 3.31. The van der Waals surface area contributed by atoms with Crippen molar-refractivity contribution < 1.29 is 10.2 Å². The Bertz CT molecular complexity index is 469. The van der Waals surface area contributed by atoms with Crippen molar-refractivity contribution in [2.24, 2.45) is 0 Å². The van der Waals surface area contributed by atoms with Crippen LogP contribution in [-0.2, 0) is 6.42 Å². The minimum atomic E-state index is -0.311. The van der Waals surface area contributed by atoms with Gasteiger partial charge >= 0.3 is 0 Å². The highest BCUT2D eigenvalue weighted by Crippen LogP contribution is 2.22. The van der Waals surface area contributed by atoms with Crippen LogP contribution in [0.5, 0.6) is 5.75 Å². The summed E-state index contributed by atoms with van der Waals surface area (Å²) in [4.78, 5) is 0. The number of hydrogen-bond acceptors (Lipinski definition) is 2. The molecule has 0 spiro atoms. The van der Waals surface area contributed by atoms with Crippen molar-refractivity contribution in [3.05, 3.63) is 54.1 Å². The maximum absolute atomic E-state index is 9.29. The molecule has 2 N–H and O–H groups in total. The summed E-state index contributed by atoms with van der Waals surface area (Å²) in [5, 5.41) is 18.5. The summed E-state index contributed by atoms with van der Waals surface area (Å²) in [7, 11) is 0. The van der Waals surface area contributed by atoms with Crippen molar-refractivity contribution >= 4 is 0 Å². The van der Waals surface area contributed by atoms with Gasteiger partial charge in [-0.3, -0.25) is 0 Å². The van der Waals surface area contributed by atoms with Crippen LogP contribution < -0.4 is 0 Å². The van der Waals surface area contributed by atoms with Gasteiger partial charge in [-0.2, -0.15) is 0 Å². The zero-order valence-electron chi connectivity index (χ0n) is 9.80. The highest BCUT2D eigenvalue weighted by atomic mass is 16.3. The van der Waals surface area contributed by atoms with Crippen molar-refractivity contribution in [3.63, 3.8) is 0 Å². The van der Waals surface area contributed by atoms with Gasteiger partial charge in [-0.1, -0.05) is 36.4 Å². The van der Waals surface area contributed by atoms with Crippen LogP contribution in [0.1, 0.15) is 12.5 Å². The predicted octanol–water partition coefficient (Wildman–Crippen LogP) is 2.98. The number of aliphatic hydroxyl groups is 1. The number of hydrogen-bond donors (Lipinski definition) is 2. The molecule has 0 bridgehead atoms. The second-order valence-electron chi connectivity index (χ2n) is 4.30. The molecule has 1 unspecified atom stereocenters. The van der Waals surface area contributed by atoms with Gasteiger partial charge < -0.3 is 10.2 Å². The molecular weight excluding hydrogens is 212 g/mol. The molecule has 1 atom stereocenters. The van der Waals surface area contributed by atoms with Crippen molar-refractivity contribution in [1.82, 2.24) is 0 Å². The molecule has 0 heterocycles. The lowest BCUT2D eigenvalue weighted by Gasteiger charge is -2.06. The maximum atomic E-state index is 9.29. The molecule has 0 aliphatic carbocycles. The molecule has 0 aliphatic rings. The molecule has 0 aliphatic heterocycles. The molecule has 2 heteroatoms. The zero-order chi connectivity index (χ0) is 12.3. The van der Waals surface area contributed by atoms with E-state index in [0.29, 0.717) is 6.42 Å². The summed E-state index contributed by atoms with van der Waals surface area (Å²) in [6.07, 6.45) is 0.366. The number of phenols is 1. The first kappa shape index (κ1) is 11.7. The molecular formula is C15H16O2. The third-order valence-electron chi connectivity index (χ3n) is 2.69. The van der Waals surface area contributed by atoms with Crippen LogP contribution in [0, 0.1) is 0 Å². The van der Waals surface area contributed by atoms with E-state index < -0.39 is 0 Å². The van der Waals surface area contributed by atoms with Crippen LogP contribution >= 0.6 is 0 Å². The Kier molecular flexibility index (Phi) is 3.45. The molecule has 0 amide bonds. The summed E-state index contributed by atoms with van der Waals surface area (Å²) >= 11 is 0. The first-order valence-corrected chi connectivity index (χ1v) is 5.71. The lowest BCUT2D eigenvalue weighted by molar-refractivity contribution is 0.195. The van der Waals surface area contributed by atoms with E-state index in [4.69, 9.17) is 0 Å². The SMILES string of the molecule is CC(O)Cc1ccc(-c2ccc(O)cc2)cc1. The fourth-order valence-corrected chi connectivity index (χ4v) is 1.83. The van der Waals surface area contributed by atoms with Crippen molar-refractivity contribution in [3.8, 4) is 16.9 Å². The lowest BCUT2D eigenvalue weighted by atomic mass is 10.0. The number of rotatable bonds is 3. The average Bonchev–Trinajstić information content (AvgIpc) is 2.30. The largest absolute Gasteiger partial charge is 0.508 e. The zero-order valence-corrected chi connectivity index (χ0v) is 9.80. The van der Waals surface area contributed by atoms with Gasteiger partial charge in [-0.25, -0.2) is 0 Å². The van der Waals surface area contributed by atoms with E-state index in [2.05, 4.69) is 0 Å². The van der Waals surface area contributed by atoms with E-state index in [0.717, 1.165) is 16.7 Å². The highest BCUT2D eigenvalue weighted by molar-refractivity contribution is 5.64. The van der Waals surface area contributed by atoms with E-state index in [9.17, 15) is 10.2 Å². The van der Waals surface area contributed by atoms with Gasteiger partial charge in [0.1, 0.15) is 5.75 Å². The monoisotopic (exact) mass is 228 g/mol. The van der Waals surface area contributed by atoms with E-state index >= 15 is 0 Å². The second-order valence-corrected chi connectivity index (χ2v) is 4.30. The Labute approximate surface area is 101 Å². The van der Waals surface area contributed by atoms with Gasteiger partial charge in [-0.05, 0) is 42.2 Å². The summed E-state index contributed by atoms with van der Waals surface area (Å²) in [6, 6.07) is 15.2. The van der Waals surface area contributed by atoms with E-state index in [1.807, 2.05) is 36.4 Å². The summed E-state index contributed by atoms with van der Waals surface area (Å²) in [5.74, 6) is 0.277. The topological polar surface area (TPSA) is 40.5 Å². The minimum absolute atomic E-state index is 0.277. The Morgan fingerprint density at radius 1 is 0.882 bits per heavy atom. The highest BCUT2D eigenvalue weighted by Gasteiger charge is 2.01. The van der Waals surface area contributed by atoms with E-state index in [-0.39, 0.29) is 11.9 Å². The quantitative estimate of drug-likeness (QED) is 0.847. The summed E-state index contributed by atoms with van der Waals surface area (Å²) < 4.78 is 0. The molecule has 0 aromatic heterocycles. The molecule has 2 aromatic carbocycles. The Morgan fingerprint density at radius 3 is 1.82 bits per heavy atom. The number of aromatic hydroxyl groups is 1. The van der Waals surface area contributed by atoms with Gasteiger partial charge in [0, 0.05) is 0 Å². The van der Waals surface area contributed by atoms with Crippen molar-refractivity contribution in [1.29, 1.82) is 0 Å². The van der Waals surface area contributed by atoms with E-state index in [1.165, 1.54) is 0 Å². The maximum Gasteiger partial charge on any atom is 0.115 e. The first-order chi connectivity index (χ1) is 8.15. The Morgan fingerprint density at radius 2 is 1.35 bits per heavy atom. The van der Waals surface area contributed by atoms with Crippen LogP contribution in [0.25, 0.3) is 11.1 Å². The van der Waals surface area contributed by atoms with Gasteiger partial charge in [0.25, 0.3) is 0 Å². The van der Waals surface area contributed by atoms with Crippen LogP contribution in [0.15, 0.2) is 48.5 Å². The smallest absolute Gasteiger partial charge is 0.115 e. The minimum Gasteiger partial charge on any atom is -0.508 e. The molecule has 88 valence electrons. The fraction of sp³-hybridized carbons (Fsp3) is 0.200. The molecule has 0 radical (unpaired) electrons. The van der Waals surface area contributed by atoms with E-state index in [1.54, 1.807) is 19.1 Å². The first-order valence-electron chi connectivity index (χ1n) is 5.71. The Hall–Kier alpha value is -1.80. The van der Waals surface area contributed by atoms with Gasteiger partial charge in [-0.15, -0.1) is 0 Å². The van der Waals surface area contributed by atoms with Crippen molar-refractivity contribution in [2.75, 3.05) is 0 Å².